The molecular formula is C18H19N3O3. The Balaban J connectivity index is 2.07. The highest BCUT2D eigenvalue weighted by Crippen LogP contribution is 2.38. The van der Waals surface area contributed by atoms with E-state index < -0.39 is 11.6 Å². The van der Waals surface area contributed by atoms with Gasteiger partial charge in [-0.25, -0.2) is 0 Å². The first-order valence-electron chi connectivity index (χ1n) is 7.79. The molecule has 24 heavy (non-hydrogen) atoms. The van der Waals surface area contributed by atoms with Gasteiger partial charge in [-0.15, -0.1) is 0 Å². The van der Waals surface area contributed by atoms with Crippen LogP contribution in [0.15, 0.2) is 47.8 Å². The standard InChI is InChI=1S/C18H19N3O3/c1-3-14-10-18(24,13-7-5-9-19-11-13)21(20-14)17(23)15-8-4-6-12(2)16(15)22/h4-9,11,22,24H,3,10H2,1-2H3. The maximum atomic E-state index is 12.9. The van der Waals surface area contributed by atoms with Gasteiger partial charge in [0, 0.05) is 30.1 Å². The minimum Gasteiger partial charge on any atom is -0.507 e. The van der Waals surface area contributed by atoms with Crippen LogP contribution in [-0.4, -0.2) is 31.8 Å². The van der Waals surface area contributed by atoms with Crippen molar-refractivity contribution < 1.29 is 15.0 Å². The van der Waals surface area contributed by atoms with E-state index >= 15 is 0 Å². The molecule has 6 nitrogen and oxygen atoms in total. The van der Waals surface area contributed by atoms with Gasteiger partial charge in [0.1, 0.15) is 5.75 Å². The Bertz CT molecular complexity index is 804. The van der Waals surface area contributed by atoms with Crippen molar-refractivity contribution in [1.82, 2.24) is 9.99 Å². The van der Waals surface area contributed by atoms with Crippen molar-refractivity contribution in [2.75, 3.05) is 0 Å². The number of aryl methyl sites for hydroxylation is 1. The fourth-order valence-electron chi connectivity index (χ4n) is 2.80. The van der Waals surface area contributed by atoms with Gasteiger partial charge in [-0.1, -0.05) is 25.1 Å². The summed E-state index contributed by atoms with van der Waals surface area (Å²) in [5, 5.41) is 26.7. The van der Waals surface area contributed by atoms with Crippen LogP contribution < -0.4 is 0 Å². The first-order valence-corrected chi connectivity index (χ1v) is 7.79. The first-order chi connectivity index (χ1) is 11.5. The Morgan fingerprint density at radius 1 is 1.33 bits per heavy atom. The number of nitrogens with zero attached hydrogens (tertiary/aromatic N) is 3. The molecule has 0 spiro atoms. The molecule has 1 aromatic carbocycles. The molecule has 0 fully saturated rings. The highest BCUT2D eigenvalue weighted by molar-refractivity contribution is 6.00. The Morgan fingerprint density at radius 2 is 2.12 bits per heavy atom. The van der Waals surface area contributed by atoms with Crippen molar-refractivity contribution in [3.05, 3.63) is 59.4 Å². The molecular weight excluding hydrogens is 306 g/mol. The van der Waals surface area contributed by atoms with Gasteiger partial charge in [-0.3, -0.25) is 9.78 Å². The summed E-state index contributed by atoms with van der Waals surface area (Å²) in [7, 11) is 0. The number of benzene rings is 1. The van der Waals surface area contributed by atoms with Gasteiger partial charge in [0.05, 0.1) is 5.56 Å². The molecule has 0 saturated heterocycles. The van der Waals surface area contributed by atoms with Gasteiger partial charge < -0.3 is 10.2 Å². The lowest BCUT2D eigenvalue weighted by molar-refractivity contribution is -0.0768. The molecule has 0 saturated carbocycles. The Labute approximate surface area is 140 Å². The number of carbonyl (C=O) groups is 1. The SMILES string of the molecule is CCC1=NN(C(=O)c2cccc(C)c2O)C(O)(c2cccnc2)C1. The van der Waals surface area contributed by atoms with Crippen LogP contribution in [0.5, 0.6) is 5.75 Å². The van der Waals surface area contributed by atoms with E-state index in [2.05, 4.69) is 10.1 Å². The molecule has 3 rings (SSSR count). The van der Waals surface area contributed by atoms with E-state index in [0.717, 1.165) is 5.01 Å². The quantitative estimate of drug-likeness (QED) is 0.908. The van der Waals surface area contributed by atoms with Crippen LogP contribution in [0.2, 0.25) is 0 Å². The van der Waals surface area contributed by atoms with Crippen LogP contribution in [0.25, 0.3) is 0 Å². The number of pyridine rings is 1. The van der Waals surface area contributed by atoms with E-state index in [4.69, 9.17) is 0 Å². The highest BCUT2D eigenvalue weighted by atomic mass is 16.3. The number of amides is 1. The number of hydrogen-bond donors (Lipinski definition) is 2. The predicted octanol–water partition coefficient (Wildman–Crippen LogP) is 2.55. The fraction of sp³-hybridized carbons (Fsp3) is 0.278. The molecule has 2 aromatic rings. The number of hydrazone groups is 1. The predicted molar refractivity (Wildman–Crippen MR) is 89.5 cm³/mol. The third-order valence-electron chi connectivity index (χ3n) is 4.23. The Hall–Kier alpha value is -2.73. The molecule has 1 aromatic heterocycles. The van der Waals surface area contributed by atoms with Crippen molar-refractivity contribution in [2.24, 2.45) is 5.10 Å². The van der Waals surface area contributed by atoms with E-state index in [-0.39, 0.29) is 17.7 Å². The number of aliphatic hydroxyl groups is 1. The molecule has 1 aliphatic rings. The van der Waals surface area contributed by atoms with Crippen LogP contribution in [0.1, 0.15) is 41.3 Å². The number of phenols is 1. The van der Waals surface area contributed by atoms with Gasteiger partial charge in [-0.05, 0) is 31.0 Å². The zero-order valence-electron chi connectivity index (χ0n) is 13.6. The number of aromatic nitrogens is 1. The minimum absolute atomic E-state index is 0.101. The Morgan fingerprint density at radius 3 is 2.79 bits per heavy atom. The summed E-state index contributed by atoms with van der Waals surface area (Å²) in [6.45, 7) is 3.63. The van der Waals surface area contributed by atoms with E-state index in [1.807, 2.05) is 6.92 Å². The van der Waals surface area contributed by atoms with Crippen LogP contribution in [-0.2, 0) is 5.72 Å². The number of hydrogen-bond acceptors (Lipinski definition) is 5. The van der Waals surface area contributed by atoms with Crippen molar-refractivity contribution in [3.63, 3.8) is 0 Å². The number of para-hydroxylation sites is 1. The summed E-state index contributed by atoms with van der Waals surface area (Å²) in [4.78, 5) is 17.0. The summed E-state index contributed by atoms with van der Waals surface area (Å²) in [6, 6.07) is 8.32. The van der Waals surface area contributed by atoms with Crippen molar-refractivity contribution >= 4 is 11.6 Å². The van der Waals surface area contributed by atoms with Gasteiger partial charge >= 0.3 is 0 Å². The molecule has 124 valence electrons. The average molecular weight is 325 g/mol. The van der Waals surface area contributed by atoms with Gasteiger partial charge in [0.25, 0.3) is 5.91 Å². The van der Waals surface area contributed by atoms with E-state index in [1.165, 1.54) is 12.3 Å². The maximum Gasteiger partial charge on any atom is 0.280 e. The van der Waals surface area contributed by atoms with E-state index in [9.17, 15) is 15.0 Å². The van der Waals surface area contributed by atoms with Crippen LogP contribution in [0.3, 0.4) is 0 Å². The molecule has 2 N–H and O–H groups in total. The van der Waals surface area contributed by atoms with Gasteiger partial charge in [0.2, 0.25) is 0 Å². The normalized spacial score (nSPS) is 20.1. The summed E-state index contributed by atoms with van der Waals surface area (Å²) >= 11 is 0. The maximum absolute atomic E-state index is 12.9. The fourth-order valence-corrected chi connectivity index (χ4v) is 2.80. The third-order valence-corrected chi connectivity index (χ3v) is 4.23. The lowest BCUT2D eigenvalue weighted by Gasteiger charge is -2.31. The summed E-state index contributed by atoms with van der Waals surface area (Å²) < 4.78 is 0. The summed E-state index contributed by atoms with van der Waals surface area (Å²) in [5.74, 6) is -0.651. The zero-order chi connectivity index (χ0) is 17.3. The summed E-state index contributed by atoms with van der Waals surface area (Å²) in [5.41, 5.74) is 0.287. The van der Waals surface area contributed by atoms with Gasteiger partial charge in [0.15, 0.2) is 5.72 Å². The van der Waals surface area contributed by atoms with Crippen LogP contribution in [0.4, 0.5) is 0 Å². The number of carbonyl (C=O) groups excluding carboxylic acids is 1. The van der Waals surface area contributed by atoms with Gasteiger partial charge in [-0.2, -0.15) is 10.1 Å². The Kier molecular flexibility index (Phi) is 4.07. The smallest absolute Gasteiger partial charge is 0.280 e. The second-order valence-corrected chi connectivity index (χ2v) is 5.84. The molecule has 2 heterocycles. The molecule has 6 heteroatoms. The first kappa shape index (κ1) is 16.1. The topological polar surface area (TPSA) is 86.0 Å². The lowest BCUT2D eigenvalue weighted by atomic mass is 9.97. The number of phenolic OH excluding ortho intramolecular Hbond substituents is 1. The largest absolute Gasteiger partial charge is 0.507 e. The number of rotatable bonds is 3. The molecule has 1 atom stereocenters. The van der Waals surface area contributed by atoms with Crippen molar-refractivity contribution in [1.29, 1.82) is 0 Å². The molecule has 0 radical (unpaired) electrons. The molecule has 1 amide bonds. The molecule has 1 unspecified atom stereocenters. The molecule has 0 bridgehead atoms. The highest BCUT2D eigenvalue weighted by Gasteiger charge is 2.46. The monoisotopic (exact) mass is 325 g/mol. The second kappa shape index (κ2) is 6.05. The van der Waals surface area contributed by atoms with Crippen LogP contribution >= 0.6 is 0 Å². The molecule has 1 aliphatic heterocycles. The van der Waals surface area contributed by atoms with E-state index in [1.54, 1.807) is 37.4 Å². The van der Waals surface area contributed by atoms with Crippen molar-refractivity contribution in [2.45, 2.75) is 32.4 Å². The molecule has 0 aliphatic carbocycles. The van der Waals surface area contributed by atoms with Crippen molar-refractivity contribution in [3.8, 4) is 5.75 Å². The average Bonchev–Trinajstić information content (AvgIpc) is 2.96. The third kappa shape index (κ3) is 2.55. The second-order valence-electron chi connectivity index (χ2n) is 5.84. The summed E-state index contributed by atoms with van der Waals surface area (Å²) in [6.07, 6.45) is 3.95. The minimum atomic E-state index is -1.60. The zero-order valence-corrected chi connectivity index (χ0v) is 13.6. The number of aromatic hydroxyl groups is 1. The van der Waals surface area contributed by atoms with E-state index in [0.29, 0.717) is 23.3 Å². The lowest BCUT2D eigenvalue weighted by Crippen LogP contribution is -2.43. The van der Waals surface area contributed by atoms with Crippen LogP contribution in [0, 0.1) is 6.92 Å².